The third kappa shape index (κ3) is 5.79. The number of hydrogen-bond donors (Lipinski definition) is 1. The molecule has 0 aliphatic heterocycles. The first kappa shape index (κ1) is 15.0. The molecule has 0 amide bonds. The predicted octanol–water partition coefficient (Wildman–Crippen LogP) is 3.17. The molecule has 1 N–H and O–H groups in total. The van der Waals surface area contributed by atoms with Gasteiger partial charge in [0, 0.05) is 12.6 Å². The van der Waals surface area contributed by atoms with E-state index in [1.807, 2.05) is 12.1 Å². The van der Waals surface area contributed by atoms with Crippen LogP contribution in [0.3, 0.4) is 0 Å². The monoisotopic (exact) mass is 241 g/mol. The molecule has 0 aliphatic carbocycles. The van der Waals surface area contributed by atoms with Crippen molar-refractivity contribution in [3.05, 3.63) is 42.5 Å². The lowest BCUT2D eigenvalue weighted by Gasteiger charge is -2.08. The third-order valence-corrected chi connectivity index (χ3v) is 2.01. The van der Waals surface area contributed by atoms with Crippen molar-refractivity contribution in [1.29, 1.82) is 0 Å². The molecular formula is C13H20ClNO. The summed E-state index contributed by atoms with van der Waals surface area (Å²) >= 11 is 0. The summed E-state index contributed by atoms with van der Waals surface area (Å²) in [5, 5.41) is 3.37. The molecule has 16 heavy (non-hydrogen) atoms. The Balaban J connectivity index is 0.00000225. The minimum Gasteiger partial charge on any atom is -0.490 e. The van der Waals surface area contributed by atoms with E-state index in [9.17, 15) is 0 Å². The molecule has 0 saturated carbocycles. The first-order valence-electron chi connectivity index (χ1n) is 5.28. The van der Waals surface area contributed by atoms with Gasteiger partial charge in [0.2, 0.25) is 0 Å². The van der Waals surface area contributed by atoms with E-state index < -0.39 is 0 Å². The van der Waals surface area contributed by atoms with Gasteiger partial charge < -0.3 is 10.1 Å². The van der Waals surface area contributed by atoms with E-state index in [0.29, 0.717) is 12.6 Å². The summed E-state index contributed by atoms with van der Waals surface area (Å²) in [4.78, 5) is 0. The van der Waals surface area contributed by atoms with Crippen LogP contribution in [0.2, 0.25) is 0 Å². The standard InChI is InChI=1S/C13H19NO.ClH/c1-4-9-15-13-7-5-12(6-8-13)10-14-11(2)3;/h4-8,11,14H,1,9-10H2,2-3H3;1H. The summed E-state index contributed by atoms with van der Waals surface area (Å²) in [6.07, 6.45) is 1.74. The molecule has 2 nitrogen and oxygen atoms in total. The van der Waals surface area contributed by atoms with Crippen LogP contribution in [0, 0.1) is 0 Å². The summed E-state index contributed by atoms with van der Waals surface area (Å²) < 4.78 is 5.40. The van der Waals surface area contributed by atoms with E-state index >= 15 is 0 Å². The molecule has 1 aromatic rings. The lowest BCUT2D eigenvalue weighted by Crippen LogP contribution is -2.21. The SMILES string of the molecule is C=CCOc1ccc(CNC(C)C)cc1.Cl. The van der Waals surface area contributed by atoms with Crippen LogP contribution in [0.1, 0.15) is 19.4 Å². The Morgan fingerprint density at radius 2 is 1.94 bits per heavy atom. The van der Waals surface area contributed by atoms with E-state index in [0.717, 1.165) is 12.3 Å². The van der Waals surface area contributed by atoms with Gasteiger partial charge in [0.25, 0.3) is 0 Å². The molecule has 0 heterocycles. The molecule has 3 heteroatoms. The second kappa shape index (κ2) is 8.20. The van der Waals surface area contributed by atoms with Crippen molar-refractivity contribution < 1.29 is 4.74 Å². The fourth-order valence-electron chi connectivity index (χ4n) is 1.18. The van der Waals surface area contributed by atoms with Crippen LogP contribution in [0.5, 0.6) is 5.75 Å². The summed E-state index contributed by atoms with van der Waals surface area (Å²) in [5.41, 5.74) is 1.27. The van der Waals surface area contributed by atoms with Gasteiger partial charge in [0.05, 0.1) is 0 Å². The van der Waals surface area contributed by atoms with Gasteiger partial charge in [-0.05, 0) is 17.7 Å². The Morgan fingerprint density at radius 3 is 2.44 bits per heavy atom. The molecule has 0 bridgehead atoms. The van der Waals surface area contributed by atoms with Crippen molar-refractivity contribution in [1.82, 2.24) is 5.32 Å². The number of ether oxygens (including phenoxy) is 1. The third-order valence-electron chi connectivity index (χ3n) is 2.01. The fraction of sp³-hybridized carbons (Fsp3) is 0.385. The number of benzene rings is 1. The van der Waals surface area contributed by atoms with Crippen LogP contribution in [-0.4, -0.2) is 12.6 Å². The zero-order valence-corrected chi connectivity index (χ0v) is 10.7. The van der Waals surface area contributed by atoms with Crippen LogP contribution in [0.25, 0.3) is 0 Å². The first-order valence-corrected chi connectivity index (χ1v) is 5.28. The van der Waals surface area contributed by atoms with E-state index in [4.69, 9.17) is 4.74 Å². The molecule has 0 atom stereocenters. The van der Waals surface area contributed by atoms with Crippen LogP contribution in [0.15, 0.2) is 36.9 Å². The molecule has 90 valence electrons. The summed E-state index contributed by atoms with van der Waals surface area (Å²) in [5.74, 6) is 0.892. The van der Waals surface area contributed by atoms with Crippen molar-refractivity contribution in [2.75, 3.05) is 6.61 Å². The minimum atomic E-state index is 0. The highest BCUT2D eigenvalue weighted by Gasteiger charge is 1.96. The van der Waals surface area contributed by atoms with Gasteiger partial charge in [0.15, 0.2) is 0 Å². The Kier molecular flexibility index (Phi) is 7.69. The highest BCUT2D eigenvalue weighted by molar-refractivity contribution is 5.85. The lowest BCUT2D eigenvalue weighted by atomic mass is 10.2. The molecule has 0 saturated heterocycles. The maximum atomic E-state index is 5.40. The van der Waals surface area contributed by atoms with Gasteiger partial charge in [-0.15, -0.1) is 12.4 Å². The van der Waals surface area contributed by atoms with E-state index in [1.165, 1.54) is 5.56 Å². The average molecular weight is 242 g/mol. The number of nitrogens with one attached hydrogen (secondary N) is 1. The molecule has 0 aliphatic rings. The Morgan fingerprint density at radius 1 is 1.31 bits per heavy atom. The van der Waals surface area contributed by atoms with E-state index in [1.54, 1.807) is 6.08 Å². The minimum absolute atomic E-state index is 0. The average Bonchev–Trinajstić information content (AvgIpc) is 2.25. The summed E-state index contributed by atoms with van der Waals surface area (Å²) in [6.45, 7) is 9.35. The van der Waals surface area contributed by atoms with Crippen molar-refractivity contribution in [2.24, 2.45) is 0 Å². The second-order valence-corrected chi connectivity index (χ2v) is 3.78. The lowest BCUT2D eigenvalue weighted by molar-refractivity contribution is 0.363. The smallest absolute Gasteiger partial charge is 0.119 e. The molecule has 0 radical (unpaired) electrons. The van der Waals surface area contributed by atoms with Gasteiger partial charge in [-0.25, -0.2) is 0 Å². The normalized spacial score (nSPS) is 9.69. The van der Waals surface area contributed by atoms with Crippen molar-refractivity contribution >= 4 is 12.4 Å². The van der Waals surface area contributed by atoms with Gasteiger partial charge in [-0.2, -0.15) is 0 Å². The number of rotatable bonds is 6. The second-order valence-electron chi connectivity index (χ2n) is 3.78. The maximum Gasteiger partial charge on any atom is 0.119 e. The Bertz CT molecular complexity index is 295. The molecule has 0 fully saturated rings. The zero-order valence-electron chi connectivity index (χ0n) is 9.90. The van der Waals surface area contributed by atoms with E-state index in [2.05, 4.69) is 37.9 Å². The number of hydrogen-bond acceptors (Lipinski definition) is 2. The van der Waals surface area contributed by atoms with Crippen LogP contribution in [0.4, 0.5) is 0 Å². The number of halogens is 1. The van der Waals surface area contributed by atoms with E-state index in [-0.39, 0.29) is 12.4 Å². The quantitative estimate of drug-likeness (QED) is 0.773. The zero-order chi connectivity index (χ0) is 11.1. The highest BCUT2D eigenvalue weighted by Crippen LogP contribution is 2.12. The van der Waals surface area contributed by atoms with Gasteiger partial charge in [-0.1, -0.05) is 38.6 Å². The van der Waals surface area contributed by atoms with Gasteiger partial charge in [-0.3, -0.25) is 0 Å². The Labute approximate surface area is 104 Å². The maximum absolute atomic E-state index is 5.40. The van der Waals surface area contributed by atoms with Crippen LogP contribution in [-0.2, 0) is 6.54 Å². The van der Waals surface area contributed by atoms with Crippen molar-refractivity contribution in [2.45, 2.75) is 26.4 Å². The van der Waals surface area contributed by atoms with Crippen LogP contribution >= 0.6 is 12.4 Å². The van der Waals surface area contributed by atoms with Gasteiger partial charge in [0.1, 0.15) is 12.4 Å². The molecule has 0 unspecified atom stereocenters. The van der Waals surface area contributed by atoms with Crippen molar-refractivity contribution in [3.8, 4) is 5.75 Å². The largest absolute Gasteiger partial charge is 0.490 e. The summed E-state index contributed by atoms with van der Waals surface area (Å²) in [6, 6.07) is 8.64. The fourth-order valence-corrected chi connectivity index (χ4v) is 1.18. The summed E-state index contributed by atoms with van der Waals surface area (Å²) in [7, 11) is 0. The molecule has 0 spiro atoms. The van der Waals surface area contributed by atoms with Gasteiger partial charge >= 0.3 is 0 Å². The first-order chi connectivity index (χ1) is 7.22. The van der Waals surface area contributed by atoms with Crippen LogP contribution < -0.4 is 10.1 Å². The molecular weight excluding hydrogens is 222 g/mol. The topological polar surface area (TPSA) is 21.3 Å². The Hall–Kier alpha value is -0.990. The molecule has 1 rings (SSSR count). The molecule has 0 aromatic heterocycles. The predicted molar refractivity (Wildman–Crippen MR) is 71.4 cm³/mol. The highest BCUT2D eigenvalue weighted by atomic mass is 35.5. The van der Waals surface area contributed by atoms with Crippen molar-refractivity contribution in [3.63, 3.8) is 0 Å². The molecule has 1 aromatic carbocycles.